The zero-order valence-electron chi connectivity index (χ0n) is 2.12. The average Bonchev–Trinajstić information content (AvgIpc) is 0.811. The van der Waals surface area contributed by atoms with Gasteiger partial charge in [0.15, 0.2) is 0 Å². The van der Waals surface area contributed by atoms with Crippen molar-refractivity contribution in [1.29, 1.82) is 0 Å². The lowest BCUT2D eigenvalue weighted by atomic mass is 15.9. The minimum atomic E-state index is -3.12. The molecule has 0 aromatic heterocycles. The molecule has 0 aliphatic carbocycles. The molecule has 0 rings (SSSR count). The van der Waals surface area contributed by atoms with E-state index in [0.29, 0.717) is 0 Å². The van der Waals surface area contributed by atoms with E-state index < -0.39 is 7.91 Å². The van der Waals surface area contributed by atoms with Crippen LogP contribution in [0.3, 0.4) is 0 Å². The van der Waals surface area contributed by atoms with Gasteiger partial charge >= 0.3 is 7.91 Å². The molecule has 0 aliphatic rings. The SMILES string of the molecule is F.O=P(=O)O. The lowest BCUT2D eigenvalue weighted by Gasteiger charge is -1.35. The number of halogens is 1. The second-order valence-electron chi connectivity index (χ2n) is 0.238. The first kappa shape index (κ1) is 8.84. The summed E-state index contributed by atoms with van der Waals surface area (Å²) < 4.78 is 17.2. The fourth-order valence-electron chi connectivity index (χ4n) is 0. The molecule has 0 aromatic carbocycles. The number of hydrogen-bond acceptors (Lipinski definition) is 2. The molecule has 0 aromatic rings. The van der Waals surface area contributed by atoms with E-state index in [1.54, 1.807) is 0 Å². The Balaban J connectivity index is 0. The molecular weight excluding hydrogens is 98.0 g/mol. The fraction of sp³-hybridized carbons (Fsp3) is 0. The van der Waals surface area contributed by atoms with Gasteiger partial charge in [0.25, 0.3) is 0 Å². The molecule has 5 heavy (non-hydrogen) atoms. The quantitative estimate of drug-likeness (QED) is 0.443. The van der Waals surface area contributed by atoms with Crippen LogP contribution in [-0.2, 0) is 9.13 Å². The topological polar surface area (TPSA) is 54.4 Å². The Labute approximate surface area is 27.9 Å². The summed E-state index contributed by atoms with van der Waals surface area (Å²) in [5, 5.41) is 0. The van der Waals surface area contributed by atoms with Crippen LogP contribution < -0.4 is 0 Å². The van der Waals surface area contributed by atoms with Crippen molar-refractivity contribution < 1.29 is 18.7 Å². The highest BCUT2D eigenvalue weighted by Gasteiger charge is 1.57. The molecule has 0 aliphatic heterocycles. The zero-order valence-corrected chi connectivity index (χ0v) is 3.01. The molecular formula is H2FO3P. The van der Waals surface area contributed by atoms with Crippen LogP contribution in [0.2, 0.25) is 0 Å². The summed E-state index contributed by atoms with van der Waals surface area (Å²) in [6.07, 6.45) is 0. The standard InChI is InChI=1S/FH.HO3P/c;1-4(2)3/h1H;(H,1,2,3). The lowest BCUT2D eigenvalue weighted by Crippen LogP contribution is -1.19. The summed E-state index contributed by atoms with van der Waals surface area (Å²) in [6, 6.07) is 0. The van der Waals surface area contributed by atoms with E-state index in [2.05, 4.69) is 0 Å². The Kier molecular flexibility index (Phi) is 6.70. The van der Waals surface area contributed by atoms with Gasteiger partial charge < -0.3 is 0 Å². The monoisotopic (exact) mass is 100.0 g/mol. The molecule has 0 atom stereocenters. The van der Waals surface area contributed by atoms with Crippen molar-refractivity contribution in [2.24, 2.45) is 0 Å². The van der Waals surface area contributed by atoms with Gasteiger partial charge in [0.2, 0.25) is 0 Å². The molecule has 0 fully saturated rings. The first-order chi connectivity index (χ1) is 1.73. The van der Waals surface area contributed by atoms with Gasteiger partial charge in [-0.1, -0.05) is 0 Å². The Bertz CT molecular complexity index is 55.3. The largest absolute Gasteiger partial charge is 0.465 e. The van der Waals surface area contributed by atoms with Crippen molar-refractivity contribution in [1.82, 2.24) is 0 Å². The molecule has 1 N–H and O–H groups in total. The predicted octanol–water partition coefficient (Wildman–Crippen LogP) is 0.219. The highest BCUT2D eigenvalue weighted by atomic mass is 31.1. The maximum absolute atomic E-state index is 8.59. The zero-order chi connectivity index (χ0) is 3.58. The lowest BCUT2D eigenvalue weighted by molar-refractivity contribution is 0.434. The first-order valence-electron chi connectivity index (χ1n) is 0.565. The van der Waals surface area contributed by atoms with E-state index >= 15 is 0 Å². The van der Waals surface area contributed by atoms with Gasteiger partial charge in [-0.25, -0.2) is 9.13 Å². The van der Waals surface area contributed by atoms with Gasteiger partial charge in [-0.2, -0.15) is 0 Å². The van der Waals surface area contributed by atoms with Crippen LogP contribution in [0, 0.1) is 0 Å². The molecule has 3 nitrogen and oxygen atoms in total. The highest BCUT2D eigenvalue weighted by Crippen LogP contribution is 1.84. The molecule has 0 radical (unpaired) electrons. The van der Waals surface area contributed by atoms with Gasteiger partial charge in [-0.3, -0.25) is 9.60 Å². The second kappa shape index (κ2) is 3.79. The Morgan fingerprint density at radius 2 is 1.40 bits per heavy atom. The Morgan fingerprint density at radius 1 is 1.40 bits per heavy atom. The third-order valence-corrected chi connectivity index (χ3v) is 0. The van der Waals surface area contributed by atoms with Crippen LogP contribution in [0.4, 0.5) is 4.70 Å². The van der Waals surface area contributed by atoms with Gasteiger partial charge in [-0.15, -0.1) is 0 Å². The van der Waals surface area contributed by atoms with Crippen molar-refractivity contribution >= 4 is 7.91 Å². The summed E-state index contributed by atoms with van der Waals surface area (Å²) in [6.45, 7) is 0. The van der Waals surface area contributed by atoms with Gasteiger partial charge in [0.1, 0.15) is 0 Å². The molecule has 0 amide bonds. The van der Waals surface area contributed by atoms with Crippen LogP contribution in [0.15, 0.2) is 0 Å². The van der Waals surface area contributed by atoms with E-state index in [0.717, 1.165) is 0 Å². The molecule has 0 spiro atoms. The van der Waals surface area contributed by atoms with Crippen molar-refractivity contribution in [3.63, 3.8) is 0 Å². The molecule has 0 unspecified atom stereocenters. The summed E-state index contributed by atoms with van der Waals surface area (Å²) in [5.41, 5.74) is 0. The third-order valence-electron chi connectivity index (χ3n) is 0. The van der Waals surface area contributed by atoms with Crippen LogP contribution in [0.25, 0.3) is 0 Å². The predicted molar refractivity (Wildman–Crippen MR) is 13.0 cm³/mol. The fourth-order valence-corrected chi connectivity index (χ4v) is 0. The minimum absolute atomic E-state index is 0. The molecule has 0 saturated carbocycles. The Morgan fingerprint density at radius 3 is 1.40 bits per heavy atom. The second-order valence-corrected chi connectivity index (χ2v) is 0.714. The van der Waals surface area contributed by atoms with Gasteiger partial charge in [0.05, 0.1) is 0 Å². The summed E-state index contributed by atoms with van der Waals surface area (Å²) in [7, 11) is -3.12. The maximum atomic E-state index is 8.59. The van der Waals surface area contributed by atoms with E-state index in [1.807, 2.05) is 0 Å². The molecule has 32 valence electrons. The van der Waals surface area contributed by atoms with Crippen LogP contribution in [0.1, 0.15) is 0 Å². The minimum Gasteiger partial charge on any atom is -0.287 e. The molecule has 0 saturated heterocycles. The van der Waals surface area contributed by atoms with E-state index in [1.165, 1.54) is 0 Å². The molecule has 0 heterocycles. The third kappa shape index (κ3) is 275. The summed E-state index contributed by atoms with van der Waals surface area (Å²) in [5.74, 6) is 0. The summed E-state index contributed by atoms with van der Waals surface area (Å²) >= 11 is 0. The smallest absolute Gasteiger partial charge is 0.287 e. The molecule has 0 bridgehead atoms. The van der Waals surface area contributed by atoms with E-state index in [-0.39, 0.29) is 4.70 Å². The highest BCUT2D eigenvalue weighted by molar-refractivity contribution is 7.23. The van der Waals surface area contributed by atoms with Crippen molar-refractivity contribution in [2.45, 2.75) is 0 Å². The molecule has 5 heteroatoms. The normalized spacial score (nSPS) is 5.00. The summed E-state index contributed by atoms with van der Waals surface area (Å²) in [4.78, 5) is 7.01. The van der Waals surface area contributed by atoms with Gasteiger partial charge in [-0.05, 0) is 0 Å². The van der Waals surface area contributed by atoms with E-state index in [4.69, 9.17) is 14.0 Å². The van der Waals surface area contributed by atoms with Crippen molar-refractivity contribution in [3.05, 3.63) is 0 Å². The number of rotatable bonds is 0. The van der Waals surface area contributed by atoms with Crippen molar-refractivity contribution in [3.8, 4) is 0 Å². The van der Waals surface area contributed by atoms with Crippen LogP contribution in [-0.4, -0.2) is 4.89 Å². The van der Waals surface area contributed by atoms with Crippen LogP contribution in [0.5, 0.6) is 0 Å². The van der Waals surface area contributed by atoms with Crippen LogP contribution >= 0.6 is 7.91 Å². The maximum Gasteiger partial charge on any atom is 0.465 e. The Hall–Kier alpha value is -0.210. The number of hydrogen-bond donors (Lipinski definition) is 1. The van der Waals surface area contributed by atoms with Crippen molar-refractivity contribution in [2.75, 3.05) is 0 Å². The van der Waals surface area contributed by atoms with E-state index in [9.17, 15) is 0 Å². The first-order valence-corrected chi connectivity index (χ1v) is 1.70. The average molecular weight is 100.0 g/mol. The van der Waals surface area contributed by atoms with Gasteiger partial charge in [0, 0.05) is 0 Å².